The van der Waals surface area contributed by atoms with Crippen molar-refractivity contribution in [1.29, 1.82) is 0 Å². The minimum atomic E-state index is -0.826. The van der Waals surface area contributed by atoms with E-state index in [9.17, 15) is 0 Å². The van der Waals surface area contributed by atoms with Gasteiger partial charge in [-0.1, -0.05) is 176 Å². The van der Waals surface area contributed by atoms with Crippen LogP contribution in [0.15, 0.2) is 170 Å². The maximum atomic E-state index is 7.13. The zero-order valence-corrected chi connectivity index (χ0v) is 44.6. The Bertz CT molecular complexity index is 2410. The SMILES string of the molecule is C1=C(c2ccccc2)c2cccc(Oc3cccc4c3CC=C4c3ccccc3)c2C1.OOO.[CH3-].[CH3-].[Cl][Zr+2][Cl].c1ccc(C2CCC3C(OC4CCCC5C(c6ccccc6)CCC45)CCCC23)cc1. The van der Waals surface area contributed by atoms with Gasteiger partial charge >= 0.3 is 37.9 Å². The van der Waals surface area contributed by atoms with Crippen LogP contribution in [0.25, 0.3) is 11.1 Å². The number of benzene rings is 6. The molecule has 0 aliphatic heterocycles. The molecule has 12 rings (SSSR count). The van der Waals surface area contributed by atoms with Crippen molar-refractivity contribution in [2.75, 3.05) is 0 Å². The van der Waals surface area contributed by atoms with Crippen molar-refractivity contribution < 1.29 is 45.9 Å². The van der Waals surface area contributed by atoms with E-state index < -0.39 is 20.8 Å². The second-order valence-corrected chi connectivity index (χ2v) is 22.8. The van der Waals surface area contributed by atoms with Gasteiger partial charge in [0.1, 0.15) is 11.5 Å². The van der Waals surface area contributed by atoms with E-state index >= 15 is 0 Å². The first-order valence-electron chi connectivity index (χ1n) is 24.7. The molecule has 0 heterocycles. The summed E-state index contributed by atoms with van der Waals surface area (Å²) in [5.74, 6) is 6.75. The first-order valence-corrected chi connectivity index (χ1v) is 31.0. The predicted molar refractivity (Wildman–Crippen MR) is 285 cm³/mol. The van der Waals surface area contributed by atoms with Crippen molar-refractivity contribution in [1.82, 2.24) is 0 Å². The number of rotatable bonds is 8. The van der Waals surface area contributed by atoms with Crippen molar-refractivity contribution in [2.45, 2.75) is 101 Å². The average molecular weight is 1060 g/mol. The third kappa shape index (κ3) is 12.2. The summed E-state index contributed by atoms with van der Waals surface area (Å²) in [4.78, 5) is 0. The van der Waals surface area contributed by atoms with Crippen molar-refractivity contribution in [3.63, 3.8) is 0 Å². The Morgan fingerprint density at radius 1 is 0.429 bits per heavy atom. The molecule has 2 N–H and O–H groups in total. The van der Waals surface area contributed by atoms with Gasteiger partial charge < -0.3 is 24.3 Å². The van der Waals surface area contributed by atoms with Crippen LogP contribution >= 0.6 is 17.0 Å². The normalized spacial score (nSPS) is 24.2. The van der Waals surface area contributed by atoms with Crippen molar-refractivity contribution in [3.05, 3.63) is 229 Å². The standard InChI is InChI=1S/C30H38O.C30H22O.2CH3.2ClH.H2O3.Zr/c2*1-3-9-21(10-4-1)23-17-19-27-25(23)13-7-15-29(27)31-30-16-8-14-26-24(18-20-28(26)30)22-11-5-2-6-12-22;;;;;1-3-2;/h1-6,9-12,23-30H,7-8,13-20H2;1-18H,19-20H2;2*1H3;2*1H;1-2H;/q;;2*-1;;;;+4/p-2. The van der Waals surface area contributed by atoms with Gasteiger partial charge in [0.05, 0.1) is 12.2 Å². The molecule has 4 fully saturated rings. The summed E-state index contributed by atoms with van der Waals surface area (Å²) in [6.45, 7) is 0. The number of hydrogen-bond donors (Lipinski definition) is 2. The van der Waals surface area contributed by atoms with Crippen LogP contribution in [0.3, 0.4) is 0 Å². The fourth-order valence-electron chi connectivity index (χ4n) is 13.1. The van der Waals surface area contributed by atoms with Gasteiger partial charge in [-0.25, -0.2) is 10.5 Å². The maximum absolute atomic E-state index is 7.13. The van der Waals surface area contributed by atoms with Gasteiger partial charge in [0.15, 0.2) is 0 Å². The van der Waals surface area contributed by atoms with Gasteiger partial charge in [0.2, 0.25) is 0 Å². The summed E-state index contributed by atoms with van der Waals surface area (Å²) in [5, 5.41) is 15.5. The topological polar surface area (TPSA) is 68.2 Å². The smallest absolute Gasteiger partial charge is 0.0610 e. The molecule has 8 heteroatoms. The molecule has 6 aromatic carbocycles. The summed E-state index contributed by atoms with van der Waals surface area (Å²) < 4.78 is 13.7. The zero-order valence-electron chi connectivity index (χ0n) is 40.6. The Morgan fingerprint density at radius 3 is 1.19 bits per heavy atom. The van der Waals surface area contributed by atoms with Gasteiger partial charge in [0, 0.05) is 11.1 Å². The Morgan fingerprint density at radius 2 is 0.800 bits per heavy atom. The second-order valence-electron chi connectivity index (χ2n) is 19.1. The summed E-state index contributed by atoms with van der Waals surface area (Å²) in [5.41, 5.74) is 13.4. The van der Waals surface area contributed by atoms with E-state index in [1.807, 2.05) is 0 Å². The maximum Gasteiger partial charge on any atom is 0.0610 e. The third-order valence-electron chi connectivity index (χ3n) is 15.8. The Labute approximate surface area is 436 Å². The molecule has 6 aliphatic rings. The van der Waals surface area contributed by atoms with Crippen LogP contribution in [0.4, 0.5) is 0 Å². The van der Waals surface area contributed by atoms with Crippen LogP contribution in [0.2, 0.25) is 0 Å². The molecule has 6 aliphatic carbocycles. The molecule has 0 aromatic heterocycles. The minimum absolute atomic E-state index is 0. The van der Waals surface area contributed by atoms with E-state index in [4.69, 9.17) is 37.0 Å². The first kappa shape index (κ1) is 53.7. The van der Waals surface area contributed by atoms with Gasteiger partial charge in [0.25, 0.3) is 0 Å². The summed E-state index contributed by atoms with van der Waals surface area (Å²) in [6, 6.07) is 56.7. The molecule has 6 aromatic rings. The van der Waals surface area contributed by atoms with E-state index in [1.54, 1.807) is 11.1 Å². The Kier molecular flexibility index (Phi) is 20.4. The van der Waals surface area contributed by atoms with Gasteiger partial charge in [-0.05, 0) is 156 Å². The van der Waals surface area contributed by atoms with Crippen molar-refractivity contribution >= 4 is 28.2 Å². The molecule has 4 saturated carbocycles. The summed E-state index contributed by atoms with van der Waals surface area (Å²) >= 11 is -0.826. The monoisotopic (exact) mass is 1050 g/mol. The number of hydrogen-bond acceptors (Lipinski definition) is 5. The fourth-order valence-corrected chi connectivity index (χ4v) is 13.1. The fraction of sp³-hybridized carbons (Fsp3) is 0.323. The van der Waals surface area contributed by atoms with E-state index in [-0.39, 0.29) is 14.9 Å². The number of halogens is 2. The van der Waals surface area contributed by atoms with Crippen molar-refractivity contribution in [2.24, 2.45) is 23.7 Å². The number of ether oxygens (including phenoxy) is 2. The molecular formula is C62H68Cl2O5Zr. The third-order valence-corrected chi connectivity index (χ3v) is 15.8. The molecular weight excluding hydrogens is 987 g/mol. The molecule has 8 atom stereocenters. The van der Waals surface area contributed by atoms with E-state index in [2.05, 4.69) is 175 Å². The van der Waals surface area contributed by atoms with Crippen LogP contribution in [-0.4, -0.2) is 22.7 Å². The molecule has 0 amide bonds. The molecule has 0 radical (unpaired) electrons. The Balaban J connectivity index is 0.000000181. The summed E-state index contributed by atoms with van der Waals surface area (Å²) in [7, 11) is 9.87. The van der Waals surface area contributed by atoms with Crippen LogP contribution in [0.1, 0.15) is 121 Å². The molecule has 0 bridgehead atoms. The minimum Gasteiger partial charge on any atom is -0.374 e. The Hall–Kier alpha value is -4.10. The molecule has 0 spiro atoms. The second kappa shape index (κ2) is 26.6. The zero-order chi connectivity index (χ0) is 46.7. The largest absolute Gasteiger partial charge is 0.374 e. The first-order chi connectivity index (χ1) is 33.6. The molecule has 5 nitrogen and oxygen atoms in total. The summed E-state index contributed by atoms with van der Waals surface area (Å²) in [6.07, 6.45) is 21.1. The van der Waals surface area contributed by atoms with Crippen LogP contribution in [0, 0.1) is 38.5 Å². The van der Waals surface area contributed by atoms with Gasteiger partial charge in [-0.3, -0.25) is 0 Å². The van der Waals surface area contributed by atoms with Crippen LogP contribution in [-0.2, 0) is 43.5 Å². The predicted octanol–water partition coefficient (Wildman–Crippen LogP) is 17.4. The number of fused-ring (bicyclic) bond motifs is 4. The average Bonchev–Trinajstić information content (AvgIpc) is 4.22. The quantitative estimate of drug-likeness (QED) is 0.0903. The van der Waals surface area contributed by atoms with E-state index in [0.717, 1.165) is 59.8 Å². The molecule has 364 valence electrons. The number of allylic oxidation sites excluding steroid dienone is 2. The van der Waals surface area contributed by atoms with Gasteiger partial charge in [-0.2, -0.15) is 0 Å². The van der Waals surface area contributed by atoms with E-state index in [1.165, 1.54) is 109 Å². The van der Waals surface area contributed by atoms with Crippen LogP contribution < -0.4 is 4.74 Å². The van der Waals surface area contributed by atoms with Crippen molar-refractivity contribution in [3.8, 4) is 11.5 Å². The van der Waals surface area contributed by atoms with E-state index in [0.29, 0.717) is 12.2 Å². The van der Waals surface area contributed by atoms with Crippen LogP contribution in [0.5, 0.6) is 11.5 Å². The molecule has 70 heavy (non-hydrogen) atoms. The molecule has 8 unspecified atom stereocenters. The van der Waals surface area contributed by atoms with Gasteiger partial charge in [-0.15, -0.1) is 0 Å². The molecule has 0 saturated heterocycles.